The summed E-state index contributed by atoms with van der Waals surface area (Å²) in [5.74, 6) is 13.0. The van der Waals surface area contributed by atoms with Crippen molar-refractivity contribution in [1.29, 1.82) is 0 Å². The predicted octanol–water partition coefficient (Wildman–Crippen LogP) is 5.16. The van der Waals surface area contributed by atoms with Gasteiger partial charge in [-0.1, -0.05) is 25.0 Å². The Hall–Kier alpha value is -2.54. The second-order valence-electron chi connectivity index (χ2n) is 9.38. The molecule has 0 spiro atoms. The van der Waals surface area contributed by atoms with Crippen LogP contribution in [0.3, 0.4) is 0 Å². The van der Waals surface area contributed by atoms with Crippen molar-refractivity contribution in [1.82, 2.24) is 0 Å². The molecule has 0 aliphatic heterocycles. The fraction of sp³-hybridized carbons (Fsp3) is 0.667. The Bertz CT molecular complexity index is 727. The largest absolute Gasteiger partial charge is 0.463 e. The van der Waals surface area contributed by atoms with Gasteiger partial charge < -0.3 is 18.9 Å². The van der Waals surface area contributed by atoms with Crippen molar-refractivity contribution in [2.24, 2.45) is 11.8 Å². The van der Waals surface area contributed by atoms with E-state index in [9.17, 15) is 9.59 Å². The molecule has 2 rings (SSSR count). The molecular weight excluding hydrogens is 456 g/mol. The summed E-state index contributed by atoms with van der Waals surface area (Å²) in [6, 6.07) is 0. The highest BCUT2D eigenvalue weighted by Crippen LogP contribution is 2.27. The zero-order valence-electron chi connectivity index (χ0n) is 21.6. The number of carbonyl (C=O) groups excluding carboxylic acids is 2. The Morgan fingerprint density at radius 3 is 1.33 bits per heavy atom. The topological polar surface area (TPSA) is 71.1 Å². The molecule has 6 heteroatoms. The molecular formula is C30H42O6. The smallest absolute Gasteiger partial charge is 0.330 e. The summed E-state index contributed by atoms with van der Waals surface area (Å²) in [5, 5.41) is 0. The van der Waals surface area contributed by atoms with Crippen LogP contribution in [-0.2, 0) is 28.5 Å². The lowest BCUT2D eigenvalue weighted by atomic mass is 9.87. The summed E-state index contributed by atoms with van der Waals surface area (Å²) in [7, 11) is 0. The third kappa shape index (κ3) is 13.5. The van der Waals surface area contributed by atoms with Crippen LogP contribution in [0.5, 0.6) is 0 Å². The standard InChI is InChI=1S/C30H42O6/c1-3-29(31)35-23-9-7-21-33-27-17-13-25(14-18-27)11-5-6-12-26-15-19-28(20-16-26)34-22-8-10-24-36-30(32)4-2/h3-4,25-28H,1-2,7-10,13-24H2. The van der Waals surface area contributed by atoms with Crippen molar-refractivity contribution in [2.75, 3.05) is 26.4 Å². The Morgan fingerprint density at radius 1 is 0.611 bits per heavy atom. The number of hydrogen-bond donors (Lipinski definition) is 0. The first-order valence-electron chi connectivity index (χ1n) is 13.4. The third-order valence-corrected chi connectivity index (χ3v) is 6.57. The van der Waals surface area contributed by atoms with Gasteiger partial charge in [-0.05, 0) is 88.9 Å². The minimum absolute atomic E-state index is 0.317. The van der Waals surface area contributed by atoms with Gasteiger partial charge in [0.15, 0.2) is 0 Å². The maximum atomic E-state index is 11.0. The maximum Gasteiger partial charge on any atom is 0.330 e. The molecule has 0 heterocycles. The van der Waals surface area contributed by atoms with E-state index in [0.29, 0.717) is 50.5 Å². The van der Waals surface area contributed by atoms with Crippen molar-refractivity contribution < 1.29 is 28.5 Å². The quantitative estimate of drug-likeness (QED) is 0.143. The first-order valence-corrected chi connectivity index (χ1v) is 13.4. The van der Waals surface area contributed by atoms with Gasteiger partial charge in [0.05, 0.1) is 25.4 Å². The number of rotatable bonds is 14. The van der Waals surface area contributed by atoms with Gasteiger partial charge in [0, 0.05) is 37.2 Å². The summed E-state index contributed by atoms with van der Waals surface area (Å²) in [6.07, 6.45) is 14.8. The Morgan fingerprint density at radius 2 is 0.972 bits per heavy atom. The molecule has 2 aliphatic carbocycles. The Labute approximate surface area is 217 Å². The van der Waals surface area contributed by atoms with Crippen LogP contribution >= 0.6 is 0 Å². The highest BCUT2D eigenvalue weighted by molar-refractivity contribution is 5.81. The van der Waals surface area contributed by atoms with E-state index >= 15 is 0 Å². The van der Waals surface area contributed by atoms with E-state index in [-0.39, 0.29) is 11.9 Å². The van der Waals surface area contributed by atoms with Crippen LogP contribution in [0.1, 0.15) is 77.0 Å². The van der Waals surface area contributed by atoms with Gasteiger partial charge in [-0.3, -0.25) is 0 Å². The van der Waals surface area contributed by atoms with Crippen LogP contribution < -0.4 is 0 Å². The van der Waals surface area contributed by atoms with Crippen LogP contribution in [0.15, 0.2) is 25.3 Å². The lowest BCUT2D eigenvalue weighted by Gasteiger charge is -2.26. The molecule has 36 heavy (non-hydrogen) atoms. The second-order valence-corrected chi connectivity index (χ2v) is 9.38. The van der Waals surface area contributed by atoms with Gasteiger partial charge in [-0.25, -0.2) is 9.59 Å². The molecule has 0 amide bonds. The average Bonchev–Trinajstić information content (AvgIpc) is 2.91. The monoisotopic (exact) mass is 498 g/mol. The fourth-order valence-corrected chi connectivity index (χ4v) is 4.40. The van der Waals surface area contributed by atoms with Crippen molar-refractivity contribution in [3.8, 4) is 23.7 Å². The van der Waals surface area contributed by atoms with E-state index in [4.69, 9.17) is 18.9 Å². The minimum atomic E-state index is -0.368. The summed E-state index contributed by atoms with van der Waals surface area (Å²) in [5.41, 5.74) is 0. The molecule has 0 aromatic heterocycles. The summed E-state index contributed by atoms with van der Waals surface area (Å²) >= 11 is 0. The maximum absolute atomic E-state index is 11.0. The molecule has 0 bridgehead atoms. The summed E-state index contributed by atoms with van der Waals surface area (Å²) in [4.78, 5) is 22.0. The molecule has 0 radical (unpaired) electrons. The summed E-state index contributed by atoms with van der Waals surface area (Å²) in [6.45, 7) is 9.01. The van der Waals surface area contributed by atoms with Crippen LogP contribution in [-0.4, -0.2) is 50.6 Å². The van der Waals surface area contributed by atoms with E-state index in [1.807, 2.05) is 0 Å². The molecule has 0 unspecified atom stereocenters. The first kappa shape index (κ1) is 29.7. The lowest BCUT2D eigenvalue weighted by Crippen LogP contribution is -2.21. The minimum Gasteiger partial charge on any atom is -0.463 e. The van der Waals surface area contributed by atoms with Crippen LogP contribution in [0.25, 0.3) is 0 Å². The molecule has 0 N–H and O–H groups in total. The first-order chi connectivity index (χ1) is 17.6. The van der Waals surface area contributed by atoms with E-state index in [1.54, 1.807) is 0 Å². The van der Waals surface area contributed by atoms with E-state index in [1.165, 1.54) is 12.2 Å². The van der Waals surface area contributed by atoms with Crippen molar-refractivity contribution in [2.45, 2.75) is 89.3 Å². The molecule has 2 saturated carbocycles. The number of carbonyl (C=O) groups is 2. The Kier molecular flexibility index (Phi) is 15.4. The number of ether oxygens (including phenoxy) is 4. The van der Waals surface area contributed by atoms with Crippen molar-refractivity contribution in [3.05, 3.63) is 25.3 Å². The molecule has 0 atom stereocenters. The van der Waals surface area contributed by atoms with Crippen LogP contribution in [0.2, 0.25) is 0 Å². The van der Waals surface area contributed by atoms with E-state index < -0.39 is 0 Å². The molecule has 2 aliphatic rings. The molecule has 0 saturated heterocycles. The van der Waals surface area contributed by atoms with Gasteiger partial charge >= 0.3 is 11.9 Å². The van der Waals surface area contributed by atoms with Crippen molar-refractivity contribution >= 4 is 11.9 Å². The van der Waals surface area contributed by atoms with Crippen LogP contribution in [0, 0.1) is 35.5 Å². The number of esters is 2. The van der Waals surface area contributed by atoms with Gasteiger partial charge in [-0.2, -0.15) is 0 Å². The normalized spacial score (nSPS) is 23.2. The van der Waals surface area contributed by atoms with Gasteiger partial charge in [0.25, 0.3) is 0 Å². The predicted molar refractivity (Wildman–Crippen MR) is 140 cm³/mol. The Balaban J connectivity index is 1.48. The molecule has 2 fully saturated rings. The fourth-order valence-electron chi connectivity index (χ4n) is 4.40. The molecule has 0 aromatic carbocycles. The van der Waals surface area contributed by atoms with Crippen molar-refractivity contribution in [3.63, 3.8) is 0 Å². The zero-order chi connectivity index (χ0) is 25.8. The van der Waals surface area contributed by atoms with Gasteiger partial charge in [-0.15, -0.1) is 0 Å². The zero-order valence-corrected chi connectivity index (χ0v) is 21.6. The average molecular weight is 499 g/mol. The highest BCUT2D eigenvalue weighted by Gasteiger charge is 2.21. The number of unbranched alkanes of at least 4 members (excludes halogenated alkanes) is 2. The van der Waals surface area contributed by atoms with E-state index in [2.05, 4.69) is 36.8 Å². The third-order valence-electron chi connectivity index (χ3n) is 6.57. The van der Waals surface area contributed by atoms with Gasteiger partial charge in [0.2, 0.25) is 0 Å². The van der Waals surface area contributed by atoms with E-state index in [0.717, 1.165) is 77.0 Å². The molecule has 0 aromatic rings. The SMILES string of the molecule is C=CC(=O)OCCCCOC1CCC(C#CC#CC2CCC(OCCCCOC(=O)C=C)CC2)CC1. The lowest BCUT2D eigenvalue weighted by molar-refractivity contribution is -0.138. The van der Waals surface area contributed by atoms with Gasteiger partial charge in [0.1, 0.15) is 0 Å². The second kappa shape index (κ2) is 18.7. The highest BCUT2D eigenvalue weighted by atomic mass is 16.5. The summed E-state index contributed by atoms with van der Waals surface area (Å²) < 4.78 is 21.9. The molecule has 6 nitrogen and oxygen atoms in total. The van der Waals surface area contributed by atoms with Crippen LogP contribution in [0.4, 0.5) is 0 Å². The number of hydrogen-bond acceptors (Lipinski definition) is 6. The molecule has 198 valence electrons.